The fourth-order valence-corrected chi connectivity index (χ4v) is 6.46. The van der Waals surface area contributed by atoms with Gasteiger partial charge in [-0.2, -0.15) is 15.1 Å². The summed E-state index contributed by atoms with van der Waals surface area (Å²) in [6.07, 6.45) is -2.52. The Morgan fingerprint density at radius 3 is 2.77 bits per heavy atom. The molecule has 1 saturated heterocycles. The third kappa shape index (κ3) is 5.71. The minimum absolute atomic E-state index is 0.104. The number of benzene rings is 2. The molecule has 4 N–H and O–H groups in total. The summed E-state index contributed by atoms with van der Waals surface area (Å²) in [5.41, 5.74) is 14.0. The van der Waals surface area contributed by atoms with Crippen LogP contribution in [0.15, 0.2) is 53.9 Å². The summed E-state index contributed by atoms with van der Waals surface area (Å²) in [7, 11) is -1.78. The standard InChI is InChI=1S/C26H30N9O8P/c1-14(23(37)40-4)32-44(38,43-17-11-7-9-15-8-5-6-10-16(15)17)41-12-18-20(36)26(2,33-34-28)24(42-18)35-13-29-19-21(35)30-25(27)31-22(19)39-3/h5-11,13-14,18,20,24,36H,12H2,1-4H3,(H,32,38)(H2,27,30,31)/t14-,18+,20?,24+,26+,44?/m0/s1. The van der Waals surface area contributed by atoms with Crippen LogP contribution in [0.3, 0.4) is 0 Å². The van der Waals surface area contributed by atoms with Crippen molar-refractivity contribution < 1.29 is 37.7 Å². The second-order valence-corrected chi connectivity index (χ2v) is 11.7. The molecule has 0 amide bonds. The highest BCUT2D eigenvalue weighted by Crippen LogP contribution is 2.49. The van der Waals surface area contributed by atoms with E-state index in [0.29, 0.717) is 5.39 Å². The lowest BCUT2D eigenvalue weighted by molar-refractivity contribution is -0.142. The minimum Gasteiger partial charge on any atom is -0.479 e. The summed E-state index contributed by atoms with van der Waals surface area (Å²) in [5, 5.41) is 19.2. The number of methoxy groups -OCH3 is 2. The molecule has 0 spiro atoms. The average molecular weight is 628 g/mol. The Morgan fingerprint density at radius 2 is 2.05 bits per heavy atom. The van der Waals surface area contributed by atoms with Crippen LogP contribution in [0.1, 0.15) is 20.1 Å². The lowest BCUT2D eigenvalue weighted by Crippen LogP contribution is -2.43. The van der Waals surface area contributed by atoms with Crippen molar-refractivity contribution in [2.45, 2.75) is 43.9 Å². The molecule has 1 aliphatic rings. The van der Waals surface area contributed by atoms with Gasteiger partial charge in [0.2, 0.25) is 11.8 Å². The molecule has 0 aliphatic carbocycles. The molecule has 5 rings (SSSR count). The number of carbonyl (C=O) groups excluding carboxylic acids is 1. The average Bonchev–Trinajstić information content (AvgIpc) is 3.53. The van der Waals surface area contributed by atoms with Crippen LogP contribution in [0.2, 0.25) is 0 Å². The first kappa shape index (κ1) is 30.9. The third-order valence-electron chi connectivity index (χ3n) is 7.15. The number of aromatic nitrogens is 4. The second-order valence-electron chi connectivity index (χ2n) is 10.0. The molecule has 232 valence electrons. The van der Waals surface area contributed by atoms with Gasteiger partial charge in [0.05, 0.1) is 33.3 Å². The molecule has 3 heterocycles. The first-order valence-electron chi connectivity index (χ1n) is 13.2. The van der Waals surface area contributed by atoms with E-state index in [1.54, 1.807) is 24.3 Å². The van der Waals surface area contributed by atoms with Gasteiger partial charge >= 0.3 is 13.7 Å². The Balaban J connectivity index is 1.47. The van der Waals surface area contributed by atoms with Crippen molar-refractivity contribution in [3.8, 4) is 11.6 Å². The van der Waals surface area contributed by atoms with Crippen LogP contribution in [-0.4, -0.2) is 75.2 Å². The number of ether oxygens (including phenoxy) is 3. The first-order chi connectivity index (χ1) is 21.0. The Bertz CT molecular complexity index is 1790. The molecule has 17 nitrogen and oxygen atoms in total. The van der Waals surface area contributed by atoms with E-state index in [2.05, 4.69) is 30.1 Å². The highest BCUT2D eigenvalue weighted by molar-refractivity contribution is 7.52. The number of hydrogen-bond acceptors (Lipinski definition) is 13. The molecular weight excluding hydrogens is 597 g/mol. The van der Waals surface area contributed by atoms with Crippen LogP contribution < -0.4 is 20.1 Å². The number of nitrogens with zero attached hydrogens (tertiary/aromatic N) is 7. The van der Waals surface area contributed by atoms with E-state index in [0.717, 1.165) is 5.39 Å². The summed E-state index contributed by atoms with van der Waals surface area (Å²) < 4.78 is 43.4. The largest absolute Gasteiger partial charge is 0.479 e. The lowest BCUT2D eigenvalue weighted by Gasteiger charge is -2.28. The van der Waals surface area contributed by atoms with Crippen molar-refractivity contribution >= 4 is 41.6 Å². The van der Waals surface area contributed by atoms with Gasteiger partial charge < -0.3 is 29.6 Å². The summed E-state index contributed by atoms with van der Waals surface area (Å²) in [6.45, 7) is 2.37. The van der Waals surface area contributed by atoms with Gasteiger partial charge in [0, 0.05) is 10.3 Å². The number of rotatable bonds is 11. The number of aliphatic hydroxyl groups excluding tert-OH is 1. The quantitative estimate of drug-likeness (QED) is 0.0713. The van der Waals surface area contributed by atoms with Crippen molar-refractivity contribution in [1.82, 2.24) is 24.6 Å². The fourth-order valence-electron chi connectivity index (χ4n) is 4.94. The van der Waals surface area contributed by atoms with Crippen LogP contribution in [-0.2, 0) is 23.4 Å². The predicted octanol–water partition coefficient (Wildman–Crippen LogP) is 3.25. The highest BCUT2D eigenvalue weighted by Gasteiger charge is 2.55. The van der Waals surface area contributed by atoms with Gasteiger partial charge in [-0.05, 0) is 30.8 Å². The zero-order chi connectivity index (χ0) is 31.6. The van der Waals surface area contributed by atoms with E-state index in [4.69, 9.17) is 29.0 Å². The van der Waals surface area contributed by atoms with E-state index in [1.807, 2.05) is 18.2 Å². The van der Waals surface area contributed by atoms with E-state index < -0.39 is 50.3 Å². The maximum atomic E-state index is 14.2. The van der Waals surface area contributed by atoms with Crippen LogP contribution in [0.5, 0.6) is 11.6 Å². The Labute approximate surface area is 250 Å². The summed E-state index contributed by atoms with van der Waals surface area (Å²) in [5.74, 6) is -0.506. The molecule has 4 aromatic rings. The number of aliphatic hydroxyl groups is 1. The third-order valence-corrected chi connectivity index (χ3v) is 8.78. The van der Waals surface area contributed by atoms with Gasteiger partial charge in [-0.15, -0.1) is 0 Å². The monoisotopic (exact) mass is 627 g/mol. The fraction of sp³-hybridized carbons (Fsp3) is 0.385. The number of anilines is 1. The van der Waals surface area contributed by atoms with E-state index >= 15 is 0 Å². The number of fused-ring (bicyclic) bond motifs is 2. The maximum absolute atomic E-state index is 14.2. The molecule has 0 radical (unpaired) electrons. The topological polar surface area (TPSA) is 231 Å². The number of carbonyl (C=O) groups is 1. The Morgan fingerprint density at radius 1 is 1.30 bits per heavy atom. The number of nitrogen functional groups attached to an aromatic ring is 1. The van der Waals surface area contributed by atoms with Crippen molar-refractivity contribution in [1.29, 1.82) is 0 Å². The molecule has 18 heteroatoms. The molecule has 44 heavy (non-hydrogen) atoms. The number of nitrogens with two attached hydrogens (primary N) is 1. The molecule has 2 aromatic heterocycles. The van der Waals surface area contributed by atoms with Gasteiger partial charge in [-0.25, -0.2) is 9.55 Å². The smallest absolute Gasteiger partial charge is 0.459 e. The van der Waals surface area contributed by atoms with Gasteiger partial charge in [0.1, 0.15) is 23.4 Å². The van der Waals surface area contributed by atoms with E-state index in [-0.39, 0.29) is 28.7 Å². The molecule has 0 bridgehead atoms. The normalized spacial score (nSPS) is 23.5. The zero-order valence-corrected chi connectivity index (χ0v) is 25.0. The minimum atomic E-state index is -4.36. The number of nitrogens with one attached hydrogen (secondary N) is 1. The number of azide groups is 1. The van der Waals surface area contributed by atoms with Gasteiger partial charge in [-0.3, -0.25) is 13.9 Å². The molecule has 6 atom stereocenters. The summed E-state index contributed by atoms with van der Waals surface area (Å²) in [4.78, 5) is 27.6. The van der Waals surface area contributed by atoms with Gasteiger partial charge in [0.15, 0.2) is 17.4 Å². The van der Waals surface area contributed by atoms with Gasteiger partial charge in [-0.1, -0.05) is 41.5 Å². The summed E-state index contributed by atoms with van der Waals surface area (Å²) >= 11 is 0. The Hall–Kier alpha value is -4.50. The van der Waals surface area contributed by atoms with Crippen LogP contribution in [0, 0.1) is 0 Å². The molecule has 2 aromatic carbocycles. The van der Waals surface area contributed by atoms with Crippen molar-refractivity contribution in [3.63, 3.8) is 0 Å². The summed E-state index contributed by atoms with van der Waals surface area (Å²) in [6, 6.07) is 11.3. The zero-order valence-electron chi connectivity index (χ0n) is 24.1. The SMILES string of the molecule is COC(=O)[C@H](C)NP(=O)(OC[C@H]1O[C@@H](n2cnc3c(OC)nc(N)nc32)[C@](C)(N=[N+]=[N-])C1O)Oc1cccc2ccccc12. The molecule has 1 fully saturated rings. The van der Waals surface area contributed by atoms with Crippen molar-refractivity contribution in [3.05, 3.63) is 59.2 Å². The number of esters is 1. The maximum Gasteiger partial charge on any atom is 0.459 e. The molecule has 1 aliphatic heterocycles. The Kier molecular flexibility index (Phi) is 8.61. The molecular formula is C26H30N9O8P. The van der Waals surface area contributed by atoms with Crippen molar-refractivity contribution in [2.75, 3.05) is 26.6 Å². The molecule has 0 saturated carbocycles. The van der Waals surface area contributed by atoms with E-state index in [9.17, 15) is 20.0 Å². The predicted molar refractivity (Wildman–Crippen MR) is 157 cm³/mol. The lowest BCUT2D eigenvalue weighted by atomic mass is 9.93. The van der Waals surface area contributed by atoms with E-state index in [1.165, 1.54) is 39.0 Å². The van der Waals surface area contributed by atoms with Crippen LogP contribution in [0.25, 0.3) is 32.4 Å². The van der Waals surface area contributed by atoms with Crippen LogP contribution >= 0.6 is 7.75 Å². The number of imidazole rings is 1. The van der Waals surface area contributed by atoms with Crippen molar-refractivity contribution in [2.24, 2.45) is 5.11 Å². The van der Waals surface area contributed by atoms with Gasteiger partial charge in [0.25, 0.3) is 0 Å². The highest BCUT2D eigenvalue weighted by atomic mass is 31.2. The van der Waals surface area contributed by atoms with Crippen LogP contribution in [0.4, 0.5) is 5.95 Å². The second kappa shape index (κ2) is 12.2. The molecule has 2 unspecified atom stereocenters. The number of hydrogen-bond donors (Lipinski definition) is 3. The first-order valence-corrected chi connectivity index (χ1v) is 14.8.